The highest BCUT2D eigenvalue weighted by Crippen LogP contribution is 2.36. The molecule has 7 nitrogen and oxygen atoms in total. The van der Waals surface area contributed by atoms with E-state index in [0.717, 1.165) is 30.4 Å². The molecule has 0 radical (unpaired) electrons. The van der Waals surface area contributed by atoms with Gasteiger partial charge in [-0.15, -0.1) is 0 Å². The third kappa shape index (κ3) is 9.87. The van der Waals surface area contributed by atoms with Gasteiger partial charge in [-0.2, -0.15) is 13.2 Å². The van der Waals surface area contributed by atoms with Crippen LogP contribution < -0.4 is 9.62 Å². The number of rotatable bonds is 13. The molecule has 0 aromatic heterocycles. The summed E-state index contributed by atoms with van der Waals surface area (Å²) in [5.74, 6) is -1.29. The van der Waals surface area contributed by atoms with E-state index >= 15 is 0 Å². The molecule has 0 saturated carbocycles. The third-order valence-corrected chi connectivity index (χ3v) is 8.25. The maximum absolute atomic E-state index is 14.1. The van der Waals surface area contributed by atoms with Gasteiger partial charge in [-0.05, 0) is 47.9 Å². The van der Waals surface area contributed by atoms with Gasteiger partial charge in [0.25, 0.3) is 0 Å². The first-order valence-electron chi connectivity index (χ1n) is 13.4. The Hall–Kier alpha value is -3.28. The van der Waals surface area contributed by atoms with Crippen molar-refractivity contribution >= 4 is 50.7 Å². The fourth-order valence-corrected chi connectivity index (χ4v) is 5.70. The van der Waals surface area contributed by atoms with E-state index in [4.69, 9.17) is 23.2 Å². The molecule has 13 heteroatoms. The van der Waals surface area contributed by atoms with E-state index in [9.17, 15) is 31.2 Å². The number of unbranched alkanes of at least 4 members (excludes halogenated alkanes) is 1. The molecule has 0 heterocycles. The number of benzene rings is 3. The van der Waals surface area contributed by atoms with Crippen molar-refractivity contribution in [2.45, 2.75) is 44.9 Å². The minimum absolute atomic E-state index is 0.0916. The zero-order valence-electron chi connectivity index (χ0n) is 23.6. The van der Waals surface area contributed by atoms with Crippen LogP contribution in [0.1, 0.15) is 36.5 Å². The molecule has 0 spiro atoms. The van der Waals surface area contributed by atoms with Gasteiger partial charge in [0.05, 0.1) is 22.5 Å². The Kier molecular flexibility index (Phi) is 11.9. The zero-order chi connectivity index (χ0) is 31.8. The van der Waals surface area contributed by atoms with Gasteiger partial charge in [0.2, 0.25) is 21.8 Å². The number of amides is 2. The van der Waals surface area contributed by atoms with Gasteiger partial charge in [-0.25, -0.2) is 8.42 Å². The molecule has 0 saturated heterocycles. The summed E-state index contributed by atoms with van der Waals surface area (Å²) in [4.78, 5) is 28.9. The molecule has 3 rings (SSSR count). The number of alkyl halides is 3. The largest absolute Gasteiger partial charge is 0.416 e. The highest BCUT2D eigenvalue weighted by Gasteiger charge is 2.35. The van der Waals surface area contributed by atoms with E-state index in [1.54, 1.807) is 54.6 Å². The third-order valence-electron chi connectivity index (χ3n) is 6.56. The first kappa shape index (κ1) is 34.2. The lowest BCUT2D eigenvalue weighted by atomic mass is 10.0. The first-order chi connectivity index (χ1) is 20.2. The highest BCUT2D eigenvalue weighted by atomic mass is 35.5. The van der Waals surface area contributed by atoms with Crippen LogP contribution in [-0.4, -0.2) is 50.5 Å². The van der Waals surface area contributed by atoms with E-state index in [1.165, 1.54) is 4.90 Å². The summed E-state index contributed by atoms with van der Waals surface area (Å²) < 4.78 is 66.8. The number of carbonyl (C=O) groups is 2. The number of sulfonamides is 1. The van der Waals surface area contributed by atoms with Crippen molar-refractivity contribution in [1.82, 2.24) is 10.2 Å². The summed E-state index contributed by atoms with van der Waals surface area (Å²) >= 11 is 12.4. The molecule has 3 aromatic rings. The van der Waals surface area contributed by atoms with Crippen LogP contribution in [-0.2, 0) is 38.8 Å². The topological polar surface area (TPSA) is 86.8 Å². The fourth-order valence-electron chi connectivity index (χ4n) is 4.37. The predicted octanol–water partition coefficient (Wildman–Crippen LogP) is 6.33. The summed E-state index contributed by atoms with van der Waals surface area (Å²) in [6, 6.07) is 16.7. The van der Waals surface area contributed by atoms with E-state index in [-0.39, 0.29) is 18.0 Å². The Balaban J connectivity index is 2.10. The zero-order valence-corrected chi connectivity index (χ0v) is 25.9. The van der Waals surface area contributed by atoms with Gasteiger partial charge in [0.1, 0.15) is 12.6 Å². The number of nitrogens with zero attached hydrogens (tertiary/aromatic N) is 2. The second kappa shape index (κ2) is 14.9. The molecule has 2 amide bonds. The molecule has 0 aliphatic carbocycles. The van der Waals surface area contributed by atoms with Crippen LogP contribution in [0.4, 0.5) is 18.9 Å². The number of halogens is 5. The summed E-state index contributed by atoms with van der Waals surface area (Å²) in [5, 5.41) is 2.93. The first-order valence-corrected chi connectivity index (χ1v) is 16.0. The normalized spacial score (nSPS) is 12.4. The molecule has 3 aromatic carbocycles. The second-order valence-electron chi connectivity index (χ2n) is 9.94. The standard InChI is InChI=1S/C30H32Cl2F3N3O4S/c1-3-4-15-36-29(40)27(17-21-9-6-5-7-10-21)37(19-22-11-8-12-24(31)16-22)28(39)20-38(43(2,41)42)26-18-23(30(33,34)35)13-14-25(26)32/h5-14,16,18,27H,3-4,15,17,19-20H2,1-2H3,(H,36,40)/t27-/m1/s1. The Bertz CT molecular complexity index is 1520. The van der Waals surface area contributed by atoms with Crippen molar-refractivity contribution in [2.75, 3.05) is 23.7 Å². The van der Waals surface area contributed by atoms with E-state index in [0.29, 0.717) is 33.9 Å². The molecular weight excluding hydrogens is 626 g/mol. The molecule has 43 heavy (non-hydrogen) atoms. The average molecular weight is 659 g/mol. The summed E-state index contributed by atoms with van der Waals surface area (Å²) in [6.45, 7) is 1.27. The van der Waals surface area contributed by atoms with Crippen molar-refractivity contribution in [2.24, 2.45) is 0 Å². The summed E-state index contributed by atoms with van der Waals surface area (Å²) in [7, 11) is -4.32. The molecular formula is C30H32Cl2F3N3O4S. The molecule has 0 unspecified atom stereocenters. The van der Waals surface area contributed by atoms with Crippen LogP contribution in [0.3, 0.4) is 0 Å². The van der Waals surface area contributed by atoms with Crippen LogP contribution in [0.25, 0.3) is 0 Å². The van der Waals surface area contributed by atoms with Crippen LogP contribution in [0.2, 0.25) is 10.0 Å². The van der Waals surface area contributed by atoms with Crippen LogP contribution in [0, 0.1) is 0 Å². The van der Waals surface area contributed by atoms with Gasteiger partial charge in [-0.1, -0.05) is 79.0 Å². The molecule has 0 fully saturated rings. The van der Waals surface area contributed by atoms with Crippen LogP contribution in [0.15, 0.2) is 72.8 Å². The predicted molar refractivity (Wildman–Crippen MR) is 162 cm³/mol. The molecule has 1 atom stereocenters. The van der Waals surface area contributed by atoms with Crippen molar-refractivity contribution in [1.29, 1.82) is 0 Å². The number of nitrogens with one attached hydrogen (secondary N) is 1. The number of anilines is 1. The lowest BCUT2D eigenvalue weighted by Gasteiger charge is -2.33. The van der Waals surface area contributed by atoms with Gasteiger partial charge < -0.3 is 10.2 Å². The minimum atomic E-state index is -4.79. The van der Waals surface area contributed by atoms with Crippen molar-refractivity contribution in [3.63, 3.8) is 0 Å². The number of carbonyl (C=O) groups excluding carboxylic acids is 2. The lowest BCUT2D eigenvalue weighted by Crippen LogP contribution is -2.53. The van der Waals surface area contributed by atoms with Gasteiger partial charge >= 0.3 is 6.18 Å². The fraction of sp³-hybridized carbons (Fsp3) is 0.333. The number of hydrogen-bond donors (Lipinski definition) is 1. The average Bonchev–Trinajstić information content (AvgIpc) is 2.93. The van der Waals surface area contributed by atoms with Crippen LogP contribution >= 0.6 is 23.2 Å². The molecule has 232 valence electrons. The molecule has 1 N–H and O–H groups in total. The Morgan fingerprint density at radius 1 is 0.953 bits per heavy atom. The molecule has 0 aliphatic heterocycles. The molecule has 0 aliphatic rings. The monoisotopic (exact) mass is 657 g/mol. The quantitative estimate of drug-likeness (QED) is 0.218. The molecule has 0 bridgehead atoms. The minimum Gasteiger partial charge on any atom is -0.354 e. The highest BCUT2D eigenvalue weighted by molar-refractivity contribution is 7.92. The SMILES string of the molecule is CCCCNC(=O)[C@@H](Cc1ccccc1)N(Cc1cccc(Cl)c1)C(=O)CN(c1cc(C(F)(F)F)ccc1Cl)S(C)(=O)=O. The summed E-state index contributed by atoms with van der Waals surface area (Å²) in [6.07, 6.45) is -2.42. The Morgan fingerprint density at radius 3 is 2.23 bits per heavy atom. The Morgan fingerprint density at radius 2 is 1.63 bits per heavy atom. The van der Waals surface area contributed by atoms with Gasteiger partial charge in [0, 0.05) is 24.5 Å². The van der Waals surface area contributed by atoms with Gasteiger partial charge in [-0.3, -0.25) is 13.9 Å². The van der Waals surface area contributed by atoms with Crippen molar-refractivity contribution < 1.29 is 31.2 Å². The second-order valence-corrected chi connectivity index (χ2v) is 12.7. The van der Waals surface area contributed by atoms with E-state index in [1.807, 2.05) is 6.92 Å². The number of hydrogen-bond acceptors (Lipinski definition) is 4. The maximum atomic E-state index is 14.1. The van der Waals surface area contributed by atoms with Gasteiger partial charge in [0.15, 0.2) is 0 Å². The summed E-state index contributed by atoms with van der Waals surface area (Å²) in [5.41, 5.74) is -0.353. The lowest BCUT2D eigenvalue weighted by molar-refractivity contribution is -0.140. The van der Waals surface area contributed by atoms with Crippen molar-refractivity contribution in [3.8, 4) is 0 Å². The smallest absolute Gasteiger partial charge is 0.354 e. The van der Waals surface area contributed by atoms with E-state index < -0.39 is 51.9 Å². The van der Waals surface area contributed by atoms with E-state index in [2.05, 4.69) is 5.32 Å². The van der Waals surface area contributed by atoms with Crippen LogP contribution in [0.5, 0.6) is 0 Å². The van der Waals surface area contributed by atoms with Crippen molar-refractivity contribution in [3.05, 3.63) is 99.5 Å². The maximum Gasteiger partial charge on any atom is 0.416 e. The Labute approximate surface area is 259 Å².